The molecule has 1 fully saturated rings. The summed E-state index contributed by atoms with van der Waals surface area (Å²) in [5.41, 5.74) is 2.18. The number of amides is 1. The van der Waals surface area contributed by atoms with Gasteiger partial charge in [0.05, 0.1) is 23.3 Å². The third kappa shape index (κ3) is 2.51. The fourth-order valence-corrected chi connectivity index (χ4v) is 5.57. The molecule has 3 aliphatic carbocycles. The lowest BCUT2D eigenvalue weighted by molar-refractivity contribution is -0.191. The van der Waals surface area contributed by atoms with Crippen molar-refractivity contribution in [2.24, 2.45) is 23.5 Å². The van der Waals surface area contributed by atoms with Crippen molar-refractivity contribution in [3.8, 4) is 5.75 Å². The second-order valence-corrected chi connectivity index (χ2v) is 8.77. The van der Waals surface area contributed by atoms with Crippen molar-refractivity contribution in [1.82, 2.24) is 4.90 Å². The molecule has 7 atom stereocenters. The van der Waals surface area contributed by atoms with Crippen molar-refractivity contribution >= 4 is 23.0 Å². The number of aliphatic hydroxyl groups excluding tert-OH is 3. The van der Waals surface area contributed by atoms with Crippen LogP contribution in [0.4, 0.5) is 0 Å². The second kappa shape index (κ2) is 6.97. The van der Waals surface area contributed by atoms with Crippen LogP contribution < -0.4 is 5.73 Å². The van der Waals surface area contributed by atoms with Crippen molar-refractivity contribution in [3.63, 3.8) is 0 Å². The van der Waals surface area contributed by atoms with E-state index in [9.17, 15) is 39.9 Å². The number of rotatable bonds is 2. The number of phenols is 1. The molecule has 6 unspecified atom stereocenters. The standard InChI is InChI=1S/C22H24N2O8/c1-7-8-5-4-6-9(25)11(8)16(26)12-10(7)17(27)14-15(24(2)3)18(28)13(21(23)31)20(30)22(14,32)19(12)29/h4-6,10,13-15,17-18,25,27-29,32H,1H2,2-3H3,(H2,23,31)/t10?,13?,14?,15-,17?,18?,22?/m0/s1. The van der Waals surface area contributed by atoms with Crippen molar-refractivity contribution in [2.45, 2.75) is 23.9 Å². The maximum absolute atomic E-state index is 13.3. The number of primary amides is 1. The van der Waals surface area contributed by atoms with Crippen LogP contribution in [0.5, 0.6) is 5.75 Å². The fraction of sp³-hybridized carbons (Fsp3) is 0.409. The average Bonchev–Trinajstić information content (AvgIpc) is 2.70. The van der Waals surface area contributed by atoms with Crippen molar-refractivity contribution in [3.05, 3.63) is 47.2 Å². The van der Waals surface area contributed by atoms with Gasteiger partial charge in [-0.2, -0.15) is 0 Å². The third-order valence-electron chi connectivity index (χ3n) is 6.97. The first kappa shape index (κ1) is 22.2. The van der Waals surface area contributed by atoms with Gasteiger partial charge in [0.15, 0.2) is 17.2 Å². The Hall–Kier alpha value is -3.05. The Morgan fingerprint density at radius 3 is 2.34 bits per heavy atom. The number of hydrogen-bond donors (Lipinski definition) is 6. The van der Waals surface area contributed by atoms with Crippen LogP contribution in [0.2, 0.25) is 0 Å². The zero-order chi connectivity index (χ0) is 23.9. The highest BCUT2D eigenvalue weighted by Crippen LogP contribution is 2.55. The molecule has 0 saturated heterocycles. The Kier molecular flexibility index (Phi) is 4.83. The smallest absolute Gasteiger partial charge is 0.230 e. The molecule has 10 nitrogen and oxygen atoms in total. The molecule has 0 spiro atoms. The number of phenolic OH excluding ortho intramolecular Hbond substituents is 1. The molecule has 1 amide bonds. The Morgan fingerprint density at radius 2 is 1.78 bits per heavy atom. The summed E-state index contributed by atoms with van der Waals surface area (Å²) < 4.78 is 0. The SMILES string of the molecule is C=C1c2cccc(O)c2C(=O)C2=C(O)C3(O)C(=O)C(C(N)=O)C(O)[C@@H](N(C)C)C3C(O)C12. The van der Waals surface area contributed by atoms with Gasteiger partial charge in [-0.1, -0.05) is 18.7 Å². The van der Waals surface area contributed by atoms with Crippen LogP contribution in [-0.4, -0.2) is 85.9 Å². The highest BCUT2D eigenvalue weighted by atomic mass is 16.4. The van der Waals surface area contributed by atoms with Gasteiger partial charge in [-0.25, -0.2) is 0 Å². The van der Waals surface area contributed by atoms with Crippen LogP contribution in [0.25, 0.3) is 5.57 Å². The average molecular weight is 444 g/mol. The minimum atomic E-state index is -2.88. The van der Waals surface area contributed by atoms with Crippen molar-refractivity contribution in [1.29, 1.82) is 0 Å². The Balaban J connectivity index is 2.04. The maximum Gasteiger partial charge on any atom is 0.230 e. The molecule has 7 N–H and O–H groups in total. The van der Waals surface area contributed by atoms with Gasteiger partial charge in [-0.15, -0.1) is 0 Å². The predicted octanol–water partition coefficient (Wildman–Crippen LogP) is -1.27. The summed E-state index contributed by atoms with van der Waals surface area (Å²) in [7, 11) is 3.00. The van der Waals surface area contributed by atoms with E-state index < -0.39 is 76.2 Å². The number of carbonyl (C=O) groups is 3. The number of carbonyl (C=O) groups excluding carboxylic acids is 3. The molecule has 1 saturated carbocycles. The lowest BCUT2D eigenvalue weighted by Gasteiger charge is -2.55. The largest absolute Gasteiger partial charge is 0.508 e. The minimum absolute atomic E-state index is 0.183. The highest BCUT2D eigenvalue weighted by Gasteiger charge is 2.69. The zero-order valence-corrected chi connectivity index (χ0v) is 17.4. The first-order valence-electron chi connectivity index (χ1n) is 9.95. The van der Waals surface area contributed by atoms with Crippen LogP contribution in [-0.2, 0) is 9.59 Å². The van der Waals surface area contributed by atoms with Crippen molar-refractivity contribution in [2.75, 3.05) is 14.1 Å². The number of Topliss-reactive ketones (excluding diaryl/α,β-unsaturated/α-hetero) is 2. The monoisotopic (exact) mass is 444 g/mol. The van der Waals surface area contributed by atoms with Crippen LogP contribution in [0.15, 0.2) is 36.1 Å². The van der Waals surface area contributed by atoms with Gasteiger partial charge in [-0.3, -0.25) is 14.4 Å². The van der Waals surface area contributed by atoms with E-state index >= 15 is 0 Å². The number of fused-ring (bicyclic) bond motifs is 3. The number of benzene rings is 1. The summed E-state index contributed by atoms with van der Waals surface area (Å²) in [4.78, 5) is 39.9. The molecular weight excluding hydrogens is 420 g/mol. The van der Waals surface area contributed by atoms with Crippen molar-refractivity contribution < 1.29 is 39.9 Å². The molecule has 1 aromatic rings. The summed E-state index contributed by atoms with van der Waals surface area (Å²) in [5, 5.41) is 55.0. The molecule has 3 aliphatic rings. The van der Waals surface area contributed by atoms with Gasteiger partial charge in [-0.05, 0) is 31.3 Å². The summed E-state index contributed by atoms with van der Waals surface area (Å²) in [6.45, 7) is 3.93. The molecule has 10 heteroatoms. The number of likely N-dealkylation sites (N-methyl/N-ethyl adjacent to an activating group) is 1. The van der Waals surface area contributed by atoms with Crippen LogP contribution in [0.3, 0.4) is 0 Å². The van der Waals surface area contributed by atoms with Gasteiger partial charge >= 0.3 is 0 Å². The topological polar surface area (TPSA) is 182 Å². The lowest BCUT2D eigenvalue weighted by Crippen LogP contribution is -2.74. The molecule has 1 aromatic carbocycles. The van der Waals surface area contributed by atoms with Gasteiger partial charge in [0.2, 0.25) is 5.91 Å². The van der Waals surface area contributed by atoms with Crippen LogP contribution in [0, 0.1) is 17.8 Å². The predicted molar refractivity (Wildman–Crippen MR) is 110 cm³/mol. The number of hydrogen-bond acceptors (Lipinski definition) is 9. The first-order chi connectivity index (χ1) is 14.9. The van der Waals surface area contributed by atoms with E-state index in [2.05, 4.69) is 6.58 Å². The van der Waals surface area contributed by atoms with Gasteiger partial charge < -0.3 is 36.2 Å². The summed E-state index contributed by atoms with van der Waals surface area (Å²) in [6, 6.07) is 3.07. The van der Waals surface area contributed by atoms with Gasteiger partial charge in [0, 0.05) is 17.9 Å². The van der Waals surface area contributed by atoms with E-state index in [-0.39, 0.29) is 16.7 Å². The summed E-state index contributed by atoms with van der Waals surface area (Å²) in [5.74, 6) is -9.52. The molecule has 0 heterocycles. The molecule has 0 radical (unpaired) electrons. The summed E-state index contributed by atoms with van der Waals surface area (Å²) in [6.07, 6.45) is -3.34. The van der Waals surface area contributed by atoms with E-state index in [1.807, 2.05) is 0 Å². The third-order valence-corrected chi connectivity index (χ3v) is 6.97. The molecule has 4 rings (SSSR count). The molecule has 0 bridgehead atoms. The van der Waals surface area contributed by atoms with E-state index in [0.717, 1.165) is 0 Å². The summed E-state index contributed by atoms with van der Waals surface area (Å²) >= 11 is 0. The Labute approximate surface area is 182 Å². The van der Waals surface area contributed by atoms with Gasteiger partial charge in [0.1, 0.15) is 17.4 Å². The minimum Gasteiger partial charge on any atom is -0.508 e. The second-order valence-electron chi connectivity index (χ2n) is 8.77. The van der Waals surface area contributed by atoms with Crippen LogP contribution in [0.1, 0.15) is 15.9 Å². The fourth-order valence-electron chi connectivity index (χ4n) is 5.57. The quantitative estimate of drug-likeness (QED) is 0.303. The number of nitrogens with two attached hydrogens (primary N) is 1. The van der Waals surface area contributed by atoms with E-state index in [4.69, 9.17) is 5.73 Å². The number of aliphatic hydroxyl groups is 4. The Morgan fingerprint density at radius 1 is 1.16 bits per heavy atom. The maximum atomic E-state index is 13.3. The number of aromatic hydroxyl groups is 1. The van der Waals surface area contributed by atoms with Crippen LogP contribution >= 0.6 is 0 Å². The van der Waals surface area contributed by atoms with Gasteiger partial charge in [0.25, 0.3) is 0 Å². The highest BCUT2D eigenvalue weighted by molar-refractivity contribution is 6.19. The van der Waals surface area contributed by atoms with E-state index in [1.54, 1.807) is 0 Å². The molecule has 170 valence electrons. The molecule has 0 aliphatic heterocycles. The molecule has 32 heavy (non-hydrogen) atoms. The first-order valence-corrected chi connectivity index (χ1v) is 9.95. The normalized spacial score (nSPS) is 36.6. The number of ketones is 2. The number of nitrogens with zero attached hydrogens (tertiary/aromatic N) is 1. The molecular formula is C22H24N2O8. The zero-order valence-electron chi connectivity index (χ0n) is 17.4. The molecule has 0 aromatic heterocycles. The van der Waals surface area contributed by atoms with E-state index in [0.29, 0.717) is 0 Å². The lowest BCUT2D eigenvalue weighted by atomic mass is 9.54. The Bertz CT molecular complexity index is 1110. The van der Waals surface area contributed by atoms with E-state index in [1.165, 1.54) is 37.2 Å².